The second-order valence-electron chi connectivity index (χ2n) is 4.22. The topological polar surface area (TPSA) is 49.6 Å². The number of hydrazine groups is 1. The van der Waals surface area contributed by atoms with Crippen LogP contribution < -0.4 is 5.73 Å². The Morgan fingerprint density at radius 1 is 1.20 bits per heavy atom. The average molecular weight is 215 g/mol. The predicted molar refractivity (Wildman–Crippen MR) is 63.2 cm³/mol. The molecule has 2 N–H and O–H groups in total. The Balaban J connectivity index is 4.69. The molecule has 4 nitrogen and oxygen atoms in total. The number of hydrogen-bond donors (Lipinski definition) is 1. The van der Waals surface area contributed by atoms with Crippen molar-refractivity contribution in [1.82, 2.24) is 10.0 Å². The van der Waals surface area contributed by atoms with E-state index in [1.807, 2.05) is 18.9 Å². The van der Waals surface area contributed by atoms with Crippen LogP contribution in [0.15, 0.2) is 0 Å². The normalized spacial score (nSPS) is 11.5. The number of nitrogens with two attached hydrogens (primary N) is 1. The van der Waals surface area contributed by atoms with Gasteiger partial charge >= 0.3 is 0 Å². The van der Waals surface area contributed by atoms with Gasteiger partial charge in [-0.3, -0.25) is 9.80 Å². The number of carbonyl (C=O) groups excluding carboxylic acids is 1. The summed E-state index contributed by atoms with van der Waals surface area (Å²) in [5.74, 6) is 0.114. The Kier molecular flexibility index (Phi) is 6.52. The zero-order valence-corrected chi connectivity index (χ0v) is 10.7. The van der Waals surface area contributed by atoms with E-state index in [9.17, 15) is 4.79 Å². The predicted octanol–water partition coefficient (Wildman–Crippen LogP) is 1.22. The summed E-state index contributed by atoms with van der Waals surface area (Å²) in [6.07, 6.45) is 0.418. The second-order valence-corrected chi connectivity index (χ2v) is 4.22. The third-order valence-electron chi connectivity index (χ3n) is 2.30. The molecule has 15 heavy (non-hydrogen) atoms. The monoisotopic (exact) mass is 215 g/mol. The third-order valence-corrected chi connectivity index (χ3v) is 2.30. The van der Waals surface area contributed by atoms with Gasteiger partial charge in [-0.2, -0.15) is 0 Å². The van der Waals surface area contributed by atoms with Gasteiger partial charge in [0.25, 0.3) is 0 Å². The summed E-state index contributed by atoms with van der Waals surface area (Å²) in [7, 11) is 0. The highest BCUT2D eigenvalue weighted by Gasteiger charge is 2.24. The molecular formula is C11H25N3O. The summed E-state index contributed by atoms with van der Waals surface area (Å²) >= 11 is 0. The van der Waals surface area contributed by atoms with E-state index in [-0.39, 0.29) is 11.9 Å². The molecule has 0 spiro atoms. The van der Waals surface area contributed by atoms with Crippen LogP contribution in [0.5, 0.6) is 0 Å². The molecule has 0 radical (unpaired) electrons. The minimum atomic E-state index is 0.114. The van der Waals surface area contributed by atoms with Crippen molar-refractivity contribution >= 4 is 5.91 Å². The summed E-state index contributed by atoms with van der Waals surface area (Å²) in [6.45, 7) is 11.6. The first-order valence-corrected chi connectivity index (χ1v) is 5.74. The van der Waals surface area contributed by atoms with Crippen LogP contribution in [0.2, 0.25) is 0 Å². The molecule has 0 aliphatic rings. The van der Waals surface area contributed by atoms with Crippen molar-refractivity contribution in [2.45, 2.75) is 53.1 Å². The highest BCUT2D eigenvalue weighted by molar-refractivity contribution is 5.76. The highest BCUT2D eigenvalue weighted by Crippen LogP contribution is 2.10. The van der Waals surface area contributed by atoms with Gasteiger partial charge < -0.3 is 5.73 Å². The minimum absolute atomic E-state index is 0.114. The Hall–Kier alpha value is -0.610. The lowest BCUT2D eigenvalue weighted by atomic mass is 10.3. The van der Waals surface area contributed by atoms with Gasteiger partial charge in [0.2, 0.25) is 5.91 Å². The van der Waals surface area contributed by atoms with Crippen molar-refractivity contribution in [1.29, 1.82) is 0 Å². The summed E-state index contributed by atoms with van der Waals surface area (Å²) in [5.41, 5.74) is 5.42. The molecule has 0 aromatic rings. The zero-order valence-electron chi connectivity index (χ0n) is 10.7. The molecular weight excluding hydrogens is 190 g/mol. The molecule has 4 heteroatoms. The molecule has 0 saturated heterocycles. The van der Waals surface area contributed by atoms with Crippen molar-refractivity contribution in [3.8, 4) is 0 Å². The number of nitrogens with zero attached hydrogens (tertiary/aromatic N) is 2. The molecule has 0 bridgehead atoms. The van der Waals surface area contributed by atoms with Gasteiger partial charge in [-0.05, 0) is 27.7 Å². The molecule has 90 valence electrons. The van der Waals surface area contributed by atoms with Crippen molar-refractivity contribution in [3.63, 3.8) is 0 Å². The molecule has 0 aliphatic carbocycles. The molecule has 0 aromatic heterocycles. The molecule has 1 amide bonds. The summed E-state index contributed by atoms with van der Waals surface area (Å²) < 4.78 is 0. The standard InChI is InChI=1S/C11H25N3O/c1-6-13(9(2)3)14(10(4)5)11(15)7-8-12/h9-10H,6-8,12H2,1-5H3. The van der Waals surface area contributed by atoms with Gasteiger partial charge in [-0.15, -0.1) is 0 Å². The first-order valence-electron chi connectivity index (χ1n) is 5.74. The van der Waals surface area contributed by atoms with Crippen LogP contribution in [0.1, 0.15) is 41.0 Å². The van der Waals surface area contributed by atoms with Crippen molar-refractivity contribution in [2.75, 3.05) is 13.1 Å². The molecule has 0 unspecified atom stereocenters. The van der Waals surface area contributed by atoms with Gasteiger partial charge in [0.05, 0.1) is 0 Å². The lowest BCUT2D eigenvalue weighted by Gasteiger charge is -2.40. The maximum absolute atomic E-state index is 11.9. The van der Waals surface area contributed by atoms with Gasteiger partial charge in [-0.1, -0.05) is 6.92 Å². The van der Waals surface area contributed by atoms with Gasteiger partial charge in [0.1, 0.15) is 0 Å². The van der Waals surface area contributed by atoms with E-state index in [2.05, 4.69) is 25.8 Å². The molecule has 0 fully saturated rings. The van der Waals surface area contributed by atoms with Crippen LogP contribution in [0, 0.1) is 0 Å². The lowest BCUT2D eigenvalue weighted by molar-refractivity contribution is -0.157. The average Bonchev–Trinajstić information content (AvgIpc) is 2.12. The number of amides is 1. The maximum Gasteiger partial charge on any atom is 0.238 e. The van der Waals surface area contributed by atoms with Crippen LogP contribution in [0.3, 0.4) is 0 Å². The van der Waals surface area contributed by atoms with Crippen molar-refractivity contribution in [3.05, 3.63) is 0 Å². The van der Waals surface area contributed by atoms with Gasteiger partial charge in [-0.25, -0.2) is 5.01 Å². The molecule has 0 rings (SSSR count). The van der Waals surface area contributed by atoms with Crippen LogP contribution >= 0.6 is 0 Å². The quantitative estimate of drug-likeness (QED) is 0.678. The highest BCUT2D eigenvalue weighted by atomic mass is 16.2. The van der Waals surface area contributed by atoms with Crippen LogP contribution in [0.4, 0.5) is 0 Å². The summed E-state index contributed by atoms with van der Waals surface area (Å²) in [4.78, 5) is 11.9. The SMILES string of the molecule is CCN(C(C)C)N(C(=O)CCN)C(C)C. The molecule has 0 saturated carbocycles. The number of hydrogen-bond acceptors (Lipinski definition) is 3. The first kappa shape index (κ1) is 14.4. The minimum Gasteiger partial charge on any atom is -0.330 e. The fourth-order valence-electron chi connectivity index (χ4n) is 1.73. The van der Waals surface area contributed by atoms with E-state index in [0.29, 0.717) is 19.0 Å². The zero-order chi connectivity index (χ0) is 12.0. The van der Waals surface area contributed by atoms with Crippen molar-refractivity contribution in [2.24, 2.45) is 5.73 Å². The van der Waals surface area contributed by atoms with Crippen molar-refractivity contribution < 1.29 is 4.79 Å². The Morgan fingerprint density at radius 3 is 2.00 bits per heavy atom. The van der Waals surface area contributed by atoms with E-state index in [0.717, 1.165) is 6.54 Å². The first-order chi connectivity index (χ1) is 6.95. The fraction of sp³-hybridized carbons (Fsp3) is 0.909. The van der Waals surface area contributed by atoms with E-state index in [4.69, 9.17) is 5.73 Å². The number of rotatable bonds is 6. The molecule has 0 atom stereocenters. The smallest absolute Gasteiger partial charge is 0.238 e. The third kappa shape index (κ3) is 4.18. The number of carbonyl (C=O) groups is 1. The fourth-order valence-corrected chi connectivity index (χ4v) is 1.73. The Labute approximate surface area is 93.4 Å². The Morgan fingerprint density at radius 2 is 1.73 bits per heavy atom. The van der Waals surface area contributed by atoms with Crippen LogP contribution in [-0.4, -0.2) is 41.1 Å². The second kappa shape index (κ2) is 6.80. The molecule has 0 aliphatic heterocycles. The van der Waals surface area contributed by atoms with Crippen LogP contribution in [-0.2, 0) is 4.79 Å². The largest absolute Gasteiger partial charge is 0.330 e. The van der Waals surface area contributed by atoms with E-state index < -0.39 is 0 Å². The van der Waals surface area contributed by atoms with E-state index in [1.54, 1.807) is 0 Å². The summed E-state index contributed by atoms with van der Waals surface area (Å²) in [6, 6.07) is 0.519. The van der Waals surface area contributed by atoms with Gasteiger partial charge in [0, 0.05) is 31.6 Å². The van der Waals surface area contributed by atoms with E-state index >= 15 is 0 Å². The molecule has 0 aromatic carbocycles. The lowest BCUT2D eigenvalue weighted by Crippen LogP contribution is -2.53. The maximum atomic E-state index is 11.9. The van der Waals surface area contributed by atoms with Crippen LogP contribution in [0.25, 0.3) is 0 Å². The molecule has 0 heterocycles. The summed E-state index contributed by atoms with van der Waals surface area (Å²) in [5, 5.41) is 3.92. The van der Waals surface area contributed by atoms with E-state index in [1.165, 1.54) is 0 Å². The van der Waals surface area contributed by atoms with Gasteiger partial charge in [0.15, 0.2) is 0 Å². The Bertz CT molecular complexity index is 192.